The number of methoxy groups -OCH3 is 1. The lowest BCUT2D eigenvalue weighted by Crippen LogP contribution is -2.23. The van der Waals surface area contributed by atoms with E-state index in [1.165, 1.54) is 0 Å². The van der Waals surface area contributed by atoms with Gasteiger partial charge in [0.15, 0.2) is 11.5 Å². The van der Waals surface area contributed by atoms with E-state index in [0.717, 1.165) is 22.1 Å². The first kappa shape index (κ1) is 17.5. The predicted molar refractivity (Wildman–Crippen MR) is 104 cm³/mol. The molecule has 0 spiro atoms. The Kier molecular flexibility index (Phi) is 4.77. The molecule has 0 aliphatic carbocycles. The number of amides is 1. The van der Waals surface area contributed by atoms with Gasteiger partial charge in [0.1, 0.15) is 19.0 Å². The molecule has 0 atom stereocenters. The van der Waals surface area contributed by atoms with Crippen molar-refractivity contribution in [2.45, 2.75) is 6.54 Å². The Labute approximate surface area is 161 Å². The molecule has 1 aliphatic rings. The summed E-state index contributed by atoms with van der Waals surface area (Å²) >= 11 is 6.20. The standard InChI is InChI=1S/C21H18ClNO4/c1-25-17-5-4-14-8-13(2-3-15(14)9-17)12-23-21(24)16-10-18(22)20-19(11-16)26-6-7-27-20/h2-5,8-11H,6-7,12H2,1H3,(H,23,24). The molecule has 0 unspecified atom stereocenters. The van der Waals surface area contributed by atoms with E-state index in [1.54, 1.807) is 19.2 Å². The topological polar surface area (TPSA) is 56.8 Å². The molecule has 27 heavy (non-hydrogen) atoms. The Morgan fingerprint density at radius 3 is 2.70 bits per heavy atom. The largest absolute Gasteiger partial charge is 0.497 e. The van der Waals surface area contributed by atoms with Crippen LogP contribution in [0.1, 0.15) is 15.9 Å². The van der Waals surface area contributed by atoms with Crippen molar-refractivity contribution in [1.82, 2.24) is 5.32 Å². The SMILES string of the molecule is COc1ccc2cc(CNC(=O)c3cc(Cl)c4c(c3)OCCO4)ccc2c1. The Morgan fingerprint density at radius 2 is 1.85 bits per heavy atom. The summed E-state index contributed by atoms with van der Waals surface area (Å²) in [4.78, 5) is 12.5. The number of rotatable bonds is 4. The number of hydrogen-bond acceptors (Lipinski definition) is 4. The van der Waals surface area contributed by atoms with Gasteiger partial charge in [0, 0.05) is 12.1 Å². The second-order valence-corrected chi connectivity index (χ2v) is 6.62. The molecule has 1 heterocycles. The number of nitrogens with one attached hydrogen (secondary N) is 1. The fourth-order valence-corrected chi connectivity index (χ4v) is 3.30. The minimum atomic E-state index is -0.219. The number of benzene rings is 3. The van der Waals surface area contributed by atoms with Crippen LogP contribution in [0.15, 0.2) is 48.5 Å². The second kappa shape index (κ2) is 7.37. The van der Waals surface area contributed by atoms with Gasteiger partial charge in [0.2, 0.25) is 0 Å². The van der Waals surface area contributed by atoms with Crippen molar-refractivity contribution in [3.8, 4) is 17.2 Å². The van der Waals surface area contributed by atoms with Gasteiger partial charge in [0.05, 0.1) is 12.1 Å². The lowest BCUT2D eigenvalue weighted by Gasteiger charge is -2.20. The van der Waals surface area contributed by atoms with E-state index >= 15 is 0 Å². The lowest BCUT2D eigenvalue weighted by atomic mass is 10.1. The van der Waals surface area contributed by atoms with E-state index < -0.39 is 0 Å². The Balaban J connectivity index is 1.49. The Morgan fingerprint density at radius 1 is 1.07 bits per heavy atom. The molecule has 4 rings (SSSR count). The maximum absolute atomic E-state index is 12.5. The van der Waals surface area contributed by atoms with Crippen LogP contribution >= 0.6 is 11.6 Å². The van der Waals surface area contributed by atoms with Crippen molar-refractivity contribution in [1.29, 1.82) is 0 Å². The van der Waals surface area contributed by atoms with Crippen molar-refractivity contribution in [2.24, 2.45) is 0 Å². The van der Waals surface area contributed by atoms with Crippen molar-refractivity contribution in [3.05, 3.63) is 64.7 Å². The number of ether oxygens (including phenoxy) is 3. The van der Waals surface area contributed by atoms with E-state index in [4.69, 9.17) is 25.8 Å². The highest BCUT2D eigenvalue weighted by Gasteiger charge is 2.19. The minimum absolute atomic E-state index is 0.219. The van der Waals surface area contributed by atoms with Gasteiger partial charge in [0.25, 0.3) is 5.91 Å². The molecule has 0 aromatic heterocycles. The number of carbonyl (C=O) groups is 1. The monoisotopic (exact) mass is 383 g/mol. The minimum Gasteiger partial charge on any atom is -0.497 e. The number of fused-ring (bicyclic) bond motifs is 2. The van der Waals surface area contributed by atoms with Gasteiger partial charge in [-0.3, -0.25) is 4.79 Å². The zero-order valence-electron chi connectivity index (χ0n) is 14.8. The maximum atomic E-state index is 12.5. The van der Waals surface area contributed by atoms with Crippen LogP contribution in [-0.4, -0.2) is 26.2 Å². The van der Waals surface area contributed by atoms with Crippen LogP contribution in [0.4, 0.5) is 0 Å². The quantitative estimate of drug-likeness (QED) is 0.733. The zero-order valence-corrected chi connectivity index (χ0v) is 15.5. The molecule has 6 heteroatoms. The summed E-state index contributed by atoms with van der Waals surface area (Å²) in [5.41, 5.74) is 1.44. The fourth-order valence-electron chi connectivity index (χ4n) is 3.04. The van der Waals surface area contributed by atoms with Crippen LogP contribution in [0.5, 0.6) is 17.2 Å². The van der Waals surface area contributed by atoms with E-state index in [2.05, 4.69) is 5.32 Å². The molecule has 1 aliphatic heterocycles. The summed E-state index contributed by atoms with van der Waals surface area (Å²) in [6.07, 6.45) is 0. The van der Waals surface area contributed by atoms with E-state index in [0.29, 0.717) is 41.8 Å². The van der Waals surface area contributed by atoms with Crippen molar-refractivity contribution < 1.29 is 19.0 Å². The van der Waals surface area contributed by atoms with Crippen molar-refractivity contribution >= 4 is 28.3 Å². The highest BCUT2D eigenvalue weighted by atomic mass is 35.5. The molecule has 5 nitrogen and oxygen atoms in total. The Bertz CT molecular complexity index is 1020. The van der Waals surface area contributed by atoms with Crippen LogP contribution in [0.2, 0.25) is 5.02 Å². The third-order valence-corrected chi connectivity index (χ3v) is 4.70. The second-order valence-electron chi connectivity index (χ2n) is 6.21. The molecular weight excluding hydrogens is 366 g/mol. The summed E-state index contributed by atoms with van der Waals surface area (Å²) < 4.78 is 16.2. The molecule has 3 aromatic rings. The highest BCUT2D eigenvalue weighted by molar-refractivity contribution is 6.32. The van der Waals surface area contributed by atoms with Gasteiger partial charge in [-0.15, -0.1) is 0 Å². The third kappa shape index (κ3) is 3.64. The molecule has 3 aromatic carbocycles. The average molecular weight is 384 g/mol. The Hall–Kier alpha value is -2.92. The average Bonchev–Trinajstić information content (AvgIpc) is 2.71. The molecule has 0 saturated heterocycles. The predicted octanol–water partition coefficient (Wildman–Crippen LogP) is 4.20. The molecule has 0 radical (unpaired) electrons. The smallest absolute Gasteiger partial charge is 0.251 e. The van der Waals surface area contributed by atoms with Gasteiger partial charge in [-0.2, -0.15) is 0 Å². The molecule has 0 saturated carbocycles. The molecule has 138 valence electrons. The zero-order chi connectivity index (χ0) is 18.8. The van der Waals surface area contributed by atoms with Crippen molar-refractivity contribution in [3.63, 3.8) is 0 Å². The summed E-state index contributed by atoms with van der Waals surface area (Å²) in [7, 11) is 1.65. The first-order valence-corrected chi connectivity index (χ1v) is 8.96. The van der Waals surface area contributed by atoms with Gasteiger partial charge in [-0.05, 0) is 46.7 Å². The van der Waals surface area contributed by atoms with Crippen molar-refractivity contribution in [2.75, 3.05) is 20.3 Å². The number of carbonyl (C=O) groups excluding carboxylic acids is 1. The van der Waals surface area contributed by atoms with Crippen LogP contribution in [-0.2, 0) is 6.54 Å². The summed E-state index contributed by atoms with van der Waals surface area (Å²) in [6.45, 7) is 1.30. The normalized spacial score (nSPS) is 12.7. The first-order chi connectivity index (χ1) is 13.1. The first-order valence-electron chi connectivity index (χ1n) is 8.58. The van der Waals surface area contributed by atoms with Gasteiger partial charge in [-0.25, -0.2) is 0 Å². The summed E-state index contributed by atoms with van der Waals surface area (Å²) in [6, 6.07) is 15.2. The van der Waals surface area contributed by atoms with Crippen LogP contribution < -0.4 is 19.5 Å². The molecular formula is C21H18ClNO4. The lowest BCUT2D eigenvalue weighted by molar-refractivity contribution is 0.0949. The summed E-state index contributed by atoms with van der Waals surface area (Å²) in [5, 5.41) is 5.46. The van der Waals surface area contributed by atoms with Gasteiger partial charge < -0.3 is 19.5 Å². The highest BCUT2D eigenvalue weighted by Crippen LogP contribution is 2.38. The molecule has 1 amide bonds. The maximum Gasteiger partial charge on any atom is 0.251 e. The fraction of sp³-hybridized carbons (Fsp3) is 0.190. The van der Waals surface area contributed by atoms with Crippen LogP contribution in [0.25, 0.3) is 10.8 Å². The summed E-state index contributed by atoms with van der Waals surface area (Å²) in [5.74, 6) is 1.59. The third-order valence-electron chi connectivity index (χ3n) is 4.42. The molecule has 0 fully saturated rings. The van der Waals surface area contributed by atoms with E-state index in [1.807, 2.05) is 36.4 Å². The molecule has 0 bridgehead atoms. The van der Waals surface area contributed by atoms with Gasteiger partial charge >= 0.3 is 0 Å². The van der Waals surface area contributed by atoms with Crippen LogP contribution in [0.3, 0.4) is 0 Å². The number of halogens is 1. The van der Waals surface area contributed by atoms with E-state index in [-0.39, 0.29) is 5.91 Å². The molecule has 1 N–H and O–H groups in total. The van der Waals surface area contributed by atoms with E-state index in [9.17, 15) is 4.79 Å². The van der Waals surface area contributed by atoms with Gasteiger partial charge in [-0.1, -0.05) is 29.8 Å². The van der Waals surface area contributed by atoms with Crippen LogP contribution in [0, 0.1) is 0 Å². The number of hydrogen-bond donors (Lipinski definition) is 1.